The van der Waals surface area contributed by atoms with Crippen LogP contribution in [0.2, 0.25) is 0 Å². The van der Waals surface area contributed by atoms with E-state index in [2.05, 4.69) is 6.07 Å². The third kappa shape index (κ3) is 4.27. The molecule has 1 aliphatic heterocycles. The maximum atomic E-state index is 12.8. The minimum atomic E-state index is 0.172. The molecule has 2 unspecified atom stereocenters. The molecule has 1 saturated carbocycles. The molecular weight excluding hydrogens is 318 g/mol. The summed E-state index contributed by atoms with van der Waals surface area (Å²) in [4.78, 5) is 14.8. The van der Waals surface area contributed by atoms with Crippen molar-refractivity contribution in [3.05, 3.63) is 23.8 Å². The van der Waals surface area contributed by atoms with E-state index in [-0.39, 0.29) is 24.3 Å². The average molecular weight is 347 g/mol. The number of methoxy groups -OCH3 is 2. The van der Waals surface area contributed by atoms with Crippen LogP contribution < -0.4 is 9.47 Å². The number of rotatable bonds is 7. The fourth-order valence-electron chi connectivity index (χ4n) is 3.90. The number of hydrogen-bond donors (Lipinski definition) is 1. The first-order valence-corrected chi connectivity index (χ1v) is 9.26. The summed E-state index contributed by atoms with van der Waals surface area (Å²) < 4.78 is 10.8. The number of carbonyl (C=O) groups excluding carboxylic acids is 1. The molecule has 1 aliphatic carbocycles. The molecule has 1 N–H and O–H groups in total. The van der Waals surface area contributed by atoms with E-state index < -0.39 is 0 Å². The summed E-state index contributed by atoms with van der Waals surface area (Å²) in [5.74, 6) is 2.70. The van der Waals surface area contributed by atoms with Crippen LogP contribution in [-0.4, -0.2) is 49.8 Å². The van der Waals surface area contributed by atoms with E-state index in [0.29, 0.717) is 24.6 Å². The summed E-state index contributed by atoms with van der Waals surface area (Å²) >= 11 is 0. The fourth-order valence-corrected chi connectivity index (χ4v) is 3.90. The van der Waals surface area contributed by atoms with Crippen molar-refractivity contribution >= 4 is 5.91 Å². The molecule has 5 nitrogen and oxygen atoms in total. The Morgan fingerprint density at radius 1 is 1.24 bits per heavy atom. The van der Waals surface area contributed by atoms with Gasteiger partial charge in [-0.3, -0.25) is 4.79 Å². The molecule has 5 heteroatoms. The van der Waals surface area contributed by atoms with E-state index in [4.69, 9.17) is 9.47 Å². The lowest BCUT2D eigenvalue weighted by molar-refractivity contribution is -0.133. The number of nitrogens with zero attached hydrogens (tertiary/aromatic N) is 1. The molecule has 0 bridgehead atoms. The molecule has 25 heavy (non-hydrogen) atoms. The molecule has 2 aliphatic rings. The Hall–Kier alpha value is -1.75. The van der Waals surface area contributed by atoms with Crippen LogP contribution in [-0.2, 0) is 4.79 Å². The number of ether oxygens (including phenoxy) is 2. The van der Waals surface area contributed by atoms with Gasteiger partial charge in [0.1, 0.15) is 0 Å². The molecule has 2 atom stereocenters. The van der Waals surface area contributed by atoms with Crippen LogP contribution in [0.1, 0.15) is 43.6 Å². The second kappa shape index (κ2) is 8.09. The van der Waals surface area contributed by atoms with Crippen LogP contribution >= 0.6 is 0 Å². The van der Waals surface area contributed by atoms with E-state index in [1.165, 1.54) is 12.8 Å². The summed E-state index contributed by atoms with van der Waals surface area (Å²) in [5, 5.41) is 9.39. The van der Waals surface area contributed by atoms with Crippen molar-refractivity contribution in [2.75, 3.05) is 33.9 Å². The van der Waals surface area contributed by atoms with Gasteiger partial charge in [-0.15, -0.1) is 0 Å². The van der Waals surface area contributed by atoms with Crippen LogP contribution in [0.5, 0.6) is 11.5 Å². The van der Waals surface area contributed by atoms with Crippen molar-refractivity contribution in [3.8, 4) is 11.5 Å². The lowest BCUT2D eigenvalue weighted by atomic mass is 9.89. The number of benzene rings is 1. The van der Waals surface area contributed by atoms with Gasteiger partial charge in [-0.1, -0.05) is 6.07 Å². The molecular formula is C20H29NO4. The van der Waals surface area contributed by atoms with Crippen molar-refractivity contribution in [2.45, 2.75) is 38.0 Å². The van der Waals surface area contributed by atoms with Crippen molar-refractivity contribution in [2.24, 2.45) is 11.8 Å². The molecule has 1 aromatic rings. The van der Waals surface area contributed by atoms with Gasteiger partial charge in [0.05, 0.1) is 14.2 Å². The highest BCUT2D eigenvalue weighted by Gasteiger charge is 2.35. The topological polar surface area (TPSA) is 59.0 Å². The molecule has 2 fully saturated rings. The lowest BCUT2D eigenvalue weighted by Gasteiger charge is -2.33. The Labute approximate surface area is 149 Å². The van der Waals surface area contributed by atoms with E-state index >= 15 is 0 Å². The quantitative estimate of drug-likeness (QED) is 0.824. The summed E-state index contributed by atoms with van der Waals surface area (Å²) in [6, 6.07) is 6.00. The molecule has 1 saturated heterocycles. The first-order valence-electron chi connectivity index (χ1n) is 9.26. The summed E-state index contributed by atoms with van der Waals surface area (Å²) in [5.41, 5.74) is 1.16. The molecule has 138 valence electrons. The van der Waals surface area contributed by atoms with Gasteiger partial charge in [0.2, 0.25) is 5.91 Å². The van der Waals surface area contributed by atoms with Gasteiger partial charge in [0.25, 0.3) is 0 Å². The third-order valence-electron chi connectivity index (χ3n) is 5.55. The van der Waals surface area contributed by atoms with E-state index in [1.54, 1.807) is 14.2 Å². The number of aliphatic hydroxyl groups is 1. The second-order valence-corrected chi connectivity index (χ2v) is 7.29. The number of hydrogen-bond acceptors (Lipinski definition) is 4. The molecule has 0 spiro atoms. The Morgan fingerprint density at radius 3 is 2.64 bits per heavy atom. The summed E-state index contributed by atoms with van der Waals surface area (Å²) in [6.07, 6.45) is 4.92. The fraction of sp³-hybridized carbons (Fsp3) is 0.650. The van der Waals surface area contributed by atoms with Gasteiger partial charge in [-0.25, -0.2) is 0 Å². The summed E-state index contributed by atoms with van der Waals surface area (Å²) in [6.45, 7) is 1.68. The van der Waals surface area contributed by atoms with Gasteiger partial charge >= 0.3 is 0 Å². The highest BCUT2D eigenvalue weighted by Crippen LogP contribution is 2.46. The van der Waals surface area contributed by atoms with E-state index in [1.807, 2.05) is 17.0 Å². The van der Waals surface area contributed by atoms with Gasteiger partial charge in [0.15, 0.2) is 11.5 Å². The van der Waals surface area contributed by atoms with Crippen molar-refractivity contribution in [1.29, 1.82) is 0 Å². The second-order valence-electron chi connectivity index (χ2n) is 7.29. The maximum absolute atomic E-state index is 12.8. The van der Waals surface area contributed by atoms with Gasteiger partial charge < -0.3 is 19.5 Å². The summed E-state index contributed by atoms with van der Waals surface area (Å²) in [7, 11) is 3.27. The third-order valence-corrected chi connectivity index (χ3v) is 5.55. The van der Waals surface area contributed by atoms with Crippen LogP contribution in [0.3, 0.4) is 0 Å². The molecule has 1 amide bonds. The normalized spacial score (nSPS) is 21.7. The zero-order chi connectivity index (χ0) is 17.8. The van der Waals surface area contributed by atoms with Crippen molar-refractivity contribution < 1.29 is 19.4 Å². The minimum absolute atomic E-state index is 0.172. The SMILES string of the molecule is COc1ccc(C(CC(=O)N2CCCC(CO)C2)C2CC2)cc1OC. The lowest BCUT2D eigenvalue weighted by Crippen LogP contribution is -2.41. The van der Waals surface area contributed by atoms with Crippen LogP contribution in [0.25, 0.3) is 0 Å². The monoisotopic (exact) mass is 347 g/mol. The van der Waals surface area contributed by atoms with Crippen LogP contribution in [0, 0.1) is 11.8 Å². The molecule has 0 aromatic heterocycles. The van der Waals surface area contributed by atoms with E-state index in [0.717, 1.165) is 30.7 Å². The zero-order valence-electron chi connectivity index (χ0n) is 15.2. The average Bonchev–Trinajstić information content (AvgIpc) is 3.50. The number of likely N-dealkylation sites (tertiary alicyclic amines) is 1. The van der Waals surface area contributed by atoms with Crippen LogP contribution in [0.15, 0.2) is 18.2 Å². The van der Waals surface area contributed by atoms with Gasteiger partial charge in [0, 0.05) is 26.1 Å². The predicted octanol–water partition coefficient (Wildman–Crippen LogP) is 2.82. The Bertz CT molecular complexity index is 599. The van der Waals surface area contributed by atoms with Crippen molar-refractivity contribution in [3.63, 3.8) is 0 Å². The predicted molar refractivity (Wildman–Crippen MR) is 96.0 cm³/mol. The maximum Gasteiger partial charge on any atom is 0.223 e. The van der Waals surface area contributed by atoms with Crippen molar-refractivity contribution in [1.82, 2.24) is 4.90 Å². The number of piperidine rings is 1. The van der Waals surface area contributed by atoms with Gasteiger partial charge in [-0.05, 0) is 61.1 Å². The Morgan fingerprint density at radius 2 is 2.00 bits per heavy atom. The molecule has 0 radical (unpaired) electrons. The van der Waals surface area contributed by atoms with Gasteiger partial charge in [-0.2, -0.15) is 0 Å². The Kier molecular flexibility index (Phi) is 5.84. The smallest absolute Gasteiger partial charge is 0.223 e. The minimum Gasteiger partial charge on any atom is -0.493 e. The molecule has 1 heterocycles. The number of carbonyl (C=O) groups is 1. The van der Waals surface area contributed by atoms with E-state index in [9.17, 15) is 9.90 Å². The highest BCUT2D eigenvalue weighted by molar-refractivity contribution is 5.77. The largest absolute Gasteiger partial charge is 0.493 e. The molecule has 3 rings (SSSR count). The standard InChI is InChI=1S/C20H29NO4/c1-24-18-8-7-16(10-19(18)25-2)17(15-5-6-15)11-20(23)21-9-3-4-14(12-21)13-22/h7-8,10,14-15,17,22H,3-6,9,11-13H2,1-2H3. The first-order chi connectivity index (χ1) is 12.2. The number of amides is 1. The molecule has 1 aromatic carbocycles. The van der Waals surface area contributed by atoms with Crippen LogP contribution in [0.4, 0.5) is 0 Å². The first kappa shape index (κ1) is 18.1. The highest BCUT2D eigenvalue weighted by atomic mass is 16.5. The number of aliphatic hydroxyl groups excluding tert-OH is 1. The zero-order valence-corrected chi connectivity index (χ0v) is 15.2. The Balaban J connectivity index is 1.72.